The molecule has 2 heteroatoms. The molecule has 0 atom stereocenters. The Balaban J connectivity index is 1.40. The molecule has 0 amide bonds. The molecule has 0 bridgehead atoms. The summed E-state index contributed by atoms with van der Waals surface area (Å²) in [6.45, 7) is 9.18. The Labute approximate surface area is 208 Å². The number of hydrogen-bond donors (Lipinski definition) is 0. The Kier molecular flexibility index (Phi) is 4.04. The first-order valence-corrected chi connectivity index (χ1v) is 12.7. The van der Waals surface area contributed by atoms with Crippen LogP contribution in [0.5, 0.6) is 0 Å². The van der Waals surface area contributed by atoms with Gasteiger partial charge in [-0.25, -0.2) is 0 Å². The van der Waals surface area contributed by atoms with E-state index >= 15 is 0 Å². The van der Waals surface area contributed by atoms with Gasteiger partial charge in [0.15, 0.2) is 0 Å². The van der Waals surface area contributed by atoms with Crippen molar-refractivity contribution in [2.45, 2.75) is 46.0 Å². The molecule has 0 unspecified atom stereocenters. The first-order valence-electron chi connectivity index (χ1n) is 12.7. The van der Waals surface area contributed by atoms with E-state index < -0.39 is 0 Å². The average Bonchev–Trinajstić information content (AvgIpc) is 3.02. The fourth-order valence-corrected chi connectivity index (χ4v) is 6.83. The maximum atomic E-state index is 2.50. The number of benzene rings is 4. The summed E-state index contributed by atoms with van der Waals surface area (Å²) in [5.41, 5.74) is 19.5. The highest BCUT2D eigenvalue weighted by Crippen LogP contribution is 2.54. The van der Waals surface area contributed by atoms with Gasteiger partial charge in [-0.3, -0.25) is 0 Å². The molecular formula is C33H32N2. The van der Waals surface area contributed by atoms with Crippen LogP contribution < -0.4 is 9.80 Å². The van der Waals surface area contributed by atoms with Gasteiger partial charge in [0.1, 0.15) is 0 Å². The SMILES string of the molecule is Cc1ccc2c(c1)Cc1cc3c(cc1N2C)C(C)(C)c1cc2c(cc1-3)Cc1cc(C)ccc1N2C. The Bertz CT molecular complexity index is 1460. The molecule has 0 N–H and O–H groups in total. The van der Waals surface area contributed by atoms with Gasteiger partial charge >= 0.3 is 0 Å². The van der Waals surface area contributed by atoms with E-state index in [1.54, 1.807) is 0 Å². The Hall–Kier alpha value is -3.52. The second kappa shape index (κ2) is 6.79. The molecule has 35 heavy (non-hydrogen) atoms. The maximum Gasteiger partial charge on any atom is 0.0447 e. The lowest BCUT2D eigenvalue weighted by Gasteiger charge is -2.33. The molecule has 0 fully saturated rings. The predicted molar refractivity (Wildman–Crippen MR) is 148 cm³/mol. The molecule has 0 spiro atoms. The molecule has 4 aromatic carbocycles. The molecule has 0 aromatic heterocycles. The monoisotopic (exact) mass is 456 g/mol. The van der Waals surface area contributed by atoms with Crippen LogP contribution in [0.2, 0.25) is 0 Å². The van der Waals surface area contributed by atoms with Crippen LogP contribution in [0.15, 0.2) is 60.7 Å². The fourth-order valence-electron chi connectivity index (χ4n) is 6.83. The maximum absolute atomic E-state index is 2.50. The second-order valence-electron chi connectivity index (χ2n) is 11.4. The second-order valence-corrected chi connectivity index (χ2v) is 11.4. The summed E-state index contributed by atoms with van der Waals surface area (Å²) in [5.74, 6) is 0. The zero-order valence-corrected chi connectivity index (χ0v) is 21.6. The van der Waals surface area contributed by atoms with Crippen LogP contribution in [0.4, 0.5) is 22.7 Å². The molecule has 2 nitrogen and oxygen atoms in total. The standard InChI is InChI=1S/C33H32N2/c1-19-7-9-29-21(11-19)13-23-15-25-26-16-24-14-22-12-20(2)8-10-30(22)35(6)32(24)18-28(26)33(3,4)27(25)17-31(23)34(29)5/h7-12,15-18H,13-14H2,1-6H3. The van der Waals surface area contributed by atoms with Gasteiger partial charge in [-0.05, 0) is 94.8 Å². The summed E-state index contributed by atoms with van der Waals surface area (Å²) >= 11 is 0. The Morgan fingerprint density at radius 3 is 1.37 bits per heavy atom. The molecule has 174 valence electrons. The van der Waals surface area contributed by atoms with Crippen molar-refractivity contribution in [2.75, 3.05) is 23.9 Å². The van der Waals surface area contributed by atoms with Crippen molar-refractivity contribution in [3.63, 3.8) is 0 Å². The summed E-state index contributed by atoms with van der Waals surface area (Å²) in [5, 5.41) is 0. The number of anilines is 4. The summed E-state index contributed by atoms with van der Waals surface area (Å²) in [6.07, 6.45) is 2.00. The van der Waals surface area contributed by atoms with E-state index in [4.69, 9.17) is 0 Å². The van der Waals surface area contributed by atoms with Gasteiger partial charge in [0.25, 0.3) is 0 Å². The molecule has 2 heterocycles. The van der Waals surface area contributed by atoms with Crippen LogP contribution in [-0.4, -0.2) is 14.1 Å². The van der Waals surface area contributed by atoms with Crippen molar-refractivity contribution >= 4 is 22.7 Å². The van der Waals surface area contributed by atoms with Gasteiger partial charge in [-0.1, -0.05) is 49.2 Å². The summed E-state index contributed by atoms with van der Waals surface area (Å²) < 4.78 is 0. The smallest absolute Gasteiger partial charge is 0.0447 e. The highest BCUT2D eigenvalue weighted by atomic mass is 15.1. The number of rotatable bonds is 0. The first kappa shape index (κ1) is 20.8. The van der Waals surface area contributed by atoms with Crippen LogP contribution in [0.3, 0.4) is 0 Å². The highest BCUT2D eigenvalue weighted by molar-refractivity contribution is 5.89. The van der Waals surface area contributed by atoms with E-state index in [-0.39, 0.29) is 5.41 Å². The normalized spacial score (nSPS) is 16.2. The minimum Gasteiger partial charge on any atom is -0.344 e. The van der Waals surface area contributed by atoms with Crippen LogP contribution in [0, 0.1) is 13.8 Å². The highest BCUT2D eigenvalue weighted by Gasteiger charge is 2.39. The van der Waals surface area contributed by atoms with Gasteiger partial charge < -0.3 is 9.80 Å². The lowest BCUT2D eigenvalue weighted by Crippen LogP contribution is -2.22. The van der Waals surface area contributed by atoms with Crippen molar-refractivity contribution < 1.29 is 0 Å². The molecule has 1 aliphatic carbocycles. The van der Waals surface area contributed by atoms with Crippen LogP contribution in [-0.2, 0) is 18.3 Å². The van der Waals surface area contributed by atoms with Crippen LogP contribution in [0.25, 0.3) is 11.1 Å². The van der Waals surface area contributed by atoms with Gasteiger partial charge in [0.05, 0.1) is 0 Å². The lowest BCUT2D eigenvalue weighted by molar-refractivity contribution is 0.659. The summed E-state index contributed by atoms with van der Waals surface area (Å²) in [4.78, 5) is 4.79. The van der Waals surface area contributed by atoms with Crippen molar-refractivity contribution in [3.8, 4) is 11.1 Å². The Morgan fingerprint density at radius 2 is 0.943 bits per heavy atom. The summed E-state index contributed by atoms with van der Waals surface area (Å²) in [7, 11) is 4.45. The third-order valence-corrected chi connectivity index (χ3v) is 8.75. The number of hydrogen-bond acceptors (Lipinski definition) is 2. The molecule has 0 radical (unpaired) electrons. The topological polar surface area (TPSA) is 6.48 Å². The van der Waals surface area contributed by atoms with E-state index in [9.17, 15) is 0 Å². The molecule has 7 rings (SSSR count). The average molecular weight is 457 g/mol. The lowest BCUT2D eigenvalue weighted by atomic mass is 9.80. The fraction of sp³-hybridized carbons (Fsp3) is 0.273. The molecule has 2 aliphatic heterocycles. The van der Waals surface area contributed by atoms with Crippen LogP contribution in [0.1, 0.15) is 58.4 Å². The molecule has 0 saturated carbocycles. The van der Waals surface area contributed by atoms with E-state index in [1.807, 2.05) is 0 Å². The van der Waals surface area contributed by atoms with E-state index in [2.05, 4.69) is 112 Å². The van der Waals surface area contributed by atoms with E-state index in [1.165, 1.54) is 78.4 Å². The van der Waals surface area contributed by atoms with Crippen molar-refractivity contribution in [2.24, 2.45) is 0 Å². The minimum atomic E-state index is -0.0302. The number of fused-ring (bicyclic) bond motifs is 7. The number of aryl methyl sites for hydroxylation is 2. The van der Waals surface area contributed by atoms with E-state index in [0.29, 0.717) is 0 Å². The zero-order valence-electron chi connectivity index (χ0n) is 21.6. The summed E-state index contributed by atoms with van der Waals surface area (Å²) in [6, 6.07) is 23.7. The molecule has 4 aromatic rings. The number of nitrogens with zero attached hydrogens (tertiary/aromatic N) is 2. The van der Waals surface area contributed by atoms with Gasteiger partial charge in [-0.15, -0.1) is 0 Å². The van der Waals surface area contributed by atoms with Crippen molar-refractivity contribution in [3.05, 3.63) is 105 Å². The molecular weight excluding hydrogens is 424 g/mol. The zero-order chi connectivity index (χ0) is 24.2. The van der Waals surface area contributed by atoms with Gasteiger partial charge in [0.2, 0.25) is 0 Å². The quantitative estimate of drug-likeness (QED) is 0.265. The first-order chi connectivity index (χ1) is 16.7. The van der Waals surface area contributed by atoms with Gasteiger partial charge in [0, 0.05) is 55.1 Å². The molecule has 0 saturated heterocycles. The predicted octanol–water partition coefficient (Wildman–Crippen LogP) is 7.95. The van der Waals surface area contributed by atoms with Crippen molar-refractivity contribution in [1.82, 2.24) is 0 Å². The van der Waals surface area contributed by atoms with Crippen molar-refractivity contribution in [1.29, 1.82) is 0 Å². The largest absolute Gasteiger partial charge is 0.344 e. The third-order valence-electron chi connectivity index (χ3n) is 8.75. The minimum absolute atomic E-state index is 0.0302. The van der Waals surface area contributed by atoms with E-state index in [0.717, 1.165) is 12.8 Å². The van der Waals surface area contributed by atoms with Gasteiger partial charge in [-0.2, -0.15) is 0 Å². The van der Waals surface area contributed by atoms with Crippen LogP contribution >= 0.6 is 0 Å². The molecule has 3 aliphatic rings. The third kappa shape index (κ3) is 2.77. The Morgan fingerprint density at radius 1 is 0.543 bits per heavy atom.